The van der Waals surface area contributed by atoms with E-state index in [2.05, 4.69) is 21.0 Å². The maximum Gasteiger partial charge on any atom is 0.303 e. The van der Waals surface area contributed by atoms with E-state index in [0.717, 1.165) is 21.1 Å². The van der Waals surface area contributed by atoms with Gasteiger partial charge in [0.1, 0.15) is 0 Å². The number of rotatable bonds is 3. The van der Waals surface area contributed by atoms with Crippen LogP contribution in [0, 0.1) is 0 Å². The predicted molar refractivity (Wildman–Crippen MR) is 64.4 cm³/mol. The van der Waals surface area contributed by atoms with E-state index in [1.165, 1.54) is 0 Å². The van der Waals surface area contributed by atoms with Crippen molar-refractivity contribution in [2.24, 2.45) is 7.05 Å². The SMILES string of the molecule is Cn1nc2cccc(Br)c2c1CCC(=O)O. The van der Waals surface area contributed by atoms with Crippen molar-refractivity contribution in [2.75, 3.05) is 0 Å². The molecule has 0 bridgehead atoms. The molecule has 0 atom stereocenters. The van der Waals surface area contributed by atoms with Crippen molar-refractivity contribution in [3.8, 4) is 0 Å². The van der Waals surface area contributed by atoms with Gasteiger partial charge in [0.15, 0.2) is 0 Å². The van der Waals surface area contributed by atoms with E-state index in [4.69, 9.17) is 5.11 Å². The van der Waals surface area contributed by atoms with E-state index < -0.39 is 5.97 Å². The number of fused-ring (bicyclic) bond motifs is 1. The highest BCUT2D eigenvalue weighted by molar-refractivity contribution is 9.10. The monoisotopic (exact) mass is 282 g/mol. The first-order valence-electron chi connectivity index (χ1n) is 4.91. The number of aryl methyl sites for hydroxylation is 2. The van der Waals surface area contributed by atoms with E-state index >= 15 is 0 Å². The Morgan fingerprint density at radius 3 is 3.00 bits per heavy atom. The third-order valence-corrected chi connectivity index (χ3v) is 3.17. The lowest BCUT2D eigenvalue weighted by Gasteiger charge is -2.01. The van der Waals surface area contributed by atoms with E-state index in [-0.39, 0.29) is 6.42 Å². The van der Waals surface area contributed by atoms with Crippen LogP contribution in [0.2, 0.25) is 0 Å². The van der Waals surface area contributed by atoms with Gasteiger partial charge in [-0.2, -0.15) is 5.10 Å². The molecular weight excluding hydrogens is 272 g/mol. The van der Waals surface area contributed by atoms with Crippen molar-refractivity contribution < 1.29 is 9.90 Å². The first-order chi connectivity index (χ1) is 7.59. The van der Waals surface area contributed by atoms with Gasteiger partial charge in [-0.1, -0.05) is 22.0 Å². The lowest BCUT2D eigenvalue weighted by molar-refractivity contribution is -0.136. The fraction of sp³-hybridized carbons (Fsp3) is 0.273. The van der Waals surface area contributed by atoms with Crippen LogP contribution >= 0.6 is 15.9 Å². The van der Waals surface area contributed by atoms with Crippen LogP contribution in [0.3, 0.4) is 0 Å². The Labute approximate surface area is 101 Å². The quantitative estimate of drug-likeness (QED) is 0.940. The normalized spacial score (nSPS) is 10.9. The molecule has 0 saturated carbocycles. The van der Waals surface area contributed by atoms with Gasteiger partial charge in [-0.05, 0) is 12.1 Å². The number of hydrogen-bond donors (Lipinski definition) is 1. The van der Waals surface area contributed by atoms with Crippen molar-refractivity contribution in [3.63, 3.8) is 0 Å². The van der Waals surface area contributed by atoms with Crippen molar-refractivity contribution in [1.82, 2.24) is 9.78 Å². The number of aliphatic carboxylic acids is 1. The summed E-state index contributed by atoms with van der Waals surface area (Å²) in [6.45, 7) is 0. The van der Waals surface area contributed by atoms with Crippen molar-refractivity contribution >= 4 is 32.8 Å². The van der Waals surface area contributed by atoms with Gasteiger partial charge in [0.2, 0.25) is 0 Å². The van der Waals surface area contributed by atoms with Crippen molar-refractivity contribution in [3.05, 3.63) is 28.4 Å². The van der Waals surface area contributed by atoms with E-state index in [9.17, 15) is 4.79 Å². The Hall–Kier alpha value is -1.36. The molecule has 0 unspecified atom stereocenters. The molecule has 0 fully saturated rings. The highest BCUT2D eigenvalue weighted by Gasteiger charge is 2.12. The summed E-state index contributed by atoms with van der Waals surface area (Å²) in [4.78, 5) is 10.6. The molecular formula is C11H11BrN2O2. The van der Waals surface area contributed by atoms with Gasteiger partial charge in [0.05, 0.1) is 11.9 Å². The van der Waals surface area contributed by atoms with Gasteiger partial charge < -0.3 is 5.11 Å². The lowest BCUT2D eigenvalue weighted by Crippen LogP contribution is -2.03. The Balaban J connectivity index is 2.50. The second-order valence-electron chi connectivity index (χ2n) is 3.60. The topological polar surface area (TPSA) is 55.1 Å². The van der Waals surface area contributed by atoms with Crippen LogP contribution in [-0.2, 0) is 18.3 Å². The van der Waals surface area contributed by atoms with Crippen molar-refractivity contribution in [1.29, 1.82) is 0 Å². The van der Waals surface area contributed by atoms with Crippen LogP contribution in [0.15, 0.2) is 22.7 Å². The summed E-state index contributed by atoms with van der Waals surface area (Å²) in [5.74, 6) is -0.790. The molecule has 1 aromatic carbocycles. The molecule has 0 aliphatic carbocycles. The predicted octanol–water partition coefficient (Wildman–Crippen LogP) is 2.35. The molecule has 0 saturated heterocycles. The zero-order valence-corrected chi connectivity index (χ0v) is 10.4. The van der Waals surface area contributed by atoms with Gasteiger partial charge in [0.25, 0.3) is 0 Å². The zero-order chi connectivity index (χ0) is 11.7. The summed E-state index contributed by atoms with van der Waals surface area (Å²) in [6, 6.07) is 5.78. The van der Waals surface area contributed by atoms with Gasteiger partial charge in [-0.3, -0.25) is 9.48 Å². The molecule has 84 valence electrons. The van der Waals surface area contributed by atoms with E-state index in [0.29, 0.717) is 6.42 Å². The molecule has 0 radical (unpaired) electrons. The molecule has 0 amide bonds. The molecule has 16 heavy (non-hydrogen) atoms. The molecule has 1 heterocycles. The summed E-state index contributed by atoms with van der Waals surface area (Å²) < 4.78 is 2.71. The largest absolute Gasteiger partial charge is 0.481 e. The highest BCUT2D eigenvalue weighted by Crippen LogP contribution is 2.27. The minimum Gasteiger partial charge on any atom is -0.481 e. The number of carboxylic acid groups (broad SMARTS) is 1. The number of benzene rings is 1. The number of aromatic nitrogens is 2. The molecule has 2 aromatic rings. The molecule has 1 N–H and O–H groups in total. The lowest BCUT2D eigenvalue weighted by atomic mass is 10.1. The van der Waals surface area contributed by atoms with E-state index in [1.54, 1.807) is 4.68 Å². The zero-order valence-electron chi connectivity index (χ0n) is 8.77. The number of nitrogens with zero attached hydrogens (tertiary/aromatic N) is 2. The summed E-state index contributed by atoms with van der Waals surface area (Å²) in [7, 11) is 1.84. The molecule has 1 aromatic heterocycles. The summed E-state index contributed by atoms with van der Waals surface area (Å²) >= 11 is 3.47. The first-order valence-corrected chi connectivity index (χ1v) is 5.71. The van der Waals surface area contributed by atoms with Gasteiger partial charge in [-0.25, -0.2) is 0 Å². The summed E-state index contributed by atoms with van der Waals surface area (Å²) in [5, 5.41) is 14.1. The minimum absolute atomic E-state index is 0.121. The van der Waals surface area contributed by atoms with Crippen molar-refractivity contribution in [2.45, 2.75) is 12.8 Å². The fourth-order valence-corrected chi connectivity index (χ4v) is 2.36. The second-order valence-corrected chi connectivity index (χ2v) is 4.45. The van der Waals surface area contributed by atoms with Crippen LogP contribution in [0.1, 0.15) is 12.1 Å². The maximum atomic E-state index is 10.6. The Morgan fingerprint density at radius 1 is 1.56 bits per heavy atom. The standard InChI is InChI=1S/C11H11BrN2O2/c1-14-9(5-6-10(15)16)11-7(12)3-2-4-8(11)13-14/h2-4H,5-6H2,1H3,(H,15,16). The van der Waals surface area contributed by atoms with Crippen LogP contribution in [0.5, 0.6) is 0 Å². The number of carboxylic acids is 1. The van der Waals surface area contributed by atoms with Crippen LogP contribution in [-0.4, -0.2) is 20.9 Å². The maximum absolute atomic E-state index is 10.6. The fourth-order valence-electron chi connectivity index (χ4n) is 1.78. The number of hydrogen-bond acceptors (Lipinski definition) is 2. The van der Waals surface area contributed by atoms with Crippen LogP contribution in [0.4, 0.5) is 0 Å². The minimum atomic E-state index is -0.790. The summed E-state index contributed by atoms with van der Waals surface area (Å²) in [5.41, 5.74) is 1.84. The van der Waals surface area contributed by atoms with Gasteiger partial charge in [-0.15, -0.1) is 0 Å². The number of halogens is 1. The molecule has 0 aliphatic heterocycles. The number of carbonyl (C=O) groups is 1. The molecule has 4 nitrogen and oxygen atoms in total. The third kappa shape index (κ3) is 1.95. The van der Waals surface area contributed by atoms with Crippen LogP contribution in [0.25, 0.3) is 10.9 Å². The molecule has 2 rings (SSSR count). The smallest absolute Gasteiger partial charge is 0.303 e. The molecule has 0 spiro atoms. The molecule has 5 heteroatoms. The average molecular weight is 283 g/mol. The Bertz CT molecular complexity index is 548. The Kier molecular flexibility index (Phi) is 2.96. The van der Waals surface area contributed by atoms with E-state index in [1.807, 2.05) is 25.2 Å². The first kappa shape index (κ1) is 11.1. The van der Waals surface area contributed by atoms with Crippen LogP contribution < -0.4 is 0 Å². The summed E-state index contributed by atoms with van der Waals surface area (Å²) in [6.07, 6.45) is 0.612. The average Bonchev–Trinajstić information content (AvgIpc) is 2.52. The molecule has 0 aliphatic rings. The Morgan fingerprint density at radius 2 is 2.31 bits per heavy atom. The second kappa shape index (κ2) is 4.25. The van der Waals surface area contributed by atoms with Gasteiger partial charge in [0, 0.05) is 29.0 Å². The van der Waals surface area contributed by atoms with Gasteiger partial charge >= 0.3 is 5.97 Å². The third-order valence-electron chi connectivity index (χ3n) is 2.50. The highest BCUT2D eigenvalue weighted by atomic mass is 79.9.